The molecule has 1 N–H and O–H groups in total. The first-order valence-electron chi connectivity index (χ1n) is 31.7. The van der Waals surface area contributed by atoms with E-state index in [9.17, 15) is 65.6 Å². The first-order valence-corrected chi connectivity index (χ1v) is 31.7. The minimum atomic E-state index is -4.70. The lowest BCUT2D eigenvalue weighted by Crippen LogP contribution is -3.14. The molecule has 0 bridgehead atoms. The molecule has 2 fully saturated rings. The maximum absolute atomic E-state index is 14.7. The molecule has 0 radical (unpaired) electrons. The van der Waals surface area contributed by atoms with E-state index in [2.05, 4.69) is 17.0 Å². The van der Waals surface area contributed by atoms with Crippen LogP contribution in [-0.4, -0.2) is 152 Å². The molecule has 6 aromatic carbocycles. The second-order valence-electron chi connectivity index (χ2n) is 23.7. The van der Waals surface area contributed by atoms with Crippen LogP contribution in [0.3, 0.4) is 0 Å². The molecule has 2 unspecified atom stereocenters. The molecule has 4 aliphatic heterocycles. The van der Waals surface area contributed by atoms with Crippen molar-refractivity contribution < 1.29 is 69.5 Å². The summed E-state index contributed by atoms with van der Waals surface area (Å²) >= 11 is 0. The Labute approximate surface area is 552 Å². The van der Waals surface area contributed by atoms with E-state index in [0.717, 1.165) is 45.2 Å². The van der Waals surface area contributed by atoms with Gasteiger partial charge >= 0.3 is 36.4 Å². The molecule has 0 spiro atoms. The maximum Gasteiger partial charge on any atom is 0.416 e. The Morgan fingerprint density at radius 2 is 0.917 bits per heavy atom. The molecular weight excluding hydrogens is 1250 g/mol. The first-order chi connectivity index (χ1) is 46.0. The lowest BCUT2D eigenvalue weighted by atomic mass is 9.92. The maximum atomic E-state index is 14.7. The van der Waals surface area contributed by atoms with Gasteiger partial charge in [0.1, 0.15) is 0 Å². The summed E-state index contributed by atoms with van der Waals surface area (Å²) < 4.78 is 94.9. The summed E-state index contributed by atoms with van der Waals surface area (Å²) in [5.41, 5.74) is 2.67. The van der Waals surface area contributed by atoms with E-state index in [0.29, 0.717) is 112 Å². The SMILES string of the molecule is CCOC(=O)C1=C(C)N(c2cccc(C(F)(F)F)c2)C(=O)N(CCCN2CCN(C(=O)c3ccc(-c4ccc(C(=O)N5CC[NH+](CCCN6C(=O)N(c7cccc(C(F)(F)F)c7)C(C)=C(C(=O)OCC)C6c6ccc(C#N)cc6)CC5)cc4)cc3)CC2)C1c1ccc(C#N)cc1. The molecule has 10 rings (SSSR count). The predicted molar refractivity (Wildman–Crippen MR) is 343 cm³/mol. The van der Waals surface area contributed by atoms with Gasteiger partial charge in [-0.2, -0.15) is 36.9 Å². The second-order valence-corrected chi connectivity index (χ2v) is 23.7. The molecule has 6 amide bonds. The van der Waals surface area contributed by atoms with Gasteiger partial charge in [0.25, 0.3) is 11.8 Å². The molecule has 0 saturated carbocycles. The van der Waals surface area contributed by atoms with Crippen molar-refractivity contribution in [1.82, 2.24) is 24.5 Å². The average molecular weight is 1320 g/mol. The Morgan fingerprint density at radius 1 is 0.521 bits per heavy atom. The number of anilines is 2. The highest BCUT2D eigenvalue weighted by molar-refractivity contribution is 6.05. The van der Waals surface area contributed by atoms with E-state index in [1.807, 2.05) is 24.3 Å². The summed E-state index contributed by atoms with van der Waals surface area (Å²) in [6, 6.07) is 36.9. The molecule has 96 heavy (non-hydrogen) atoms. The number of piperazine rings is 2. The van der Waals surface area contributed by atoms with Crippen LogP contribution >= 0.6 is 0 Å². The molecule has 0 aliphatic carbocycles. The number of amides is 6. The number of carbonyl (C=O) groups excluding carboxylic acids is 6. The zero-order valence-electron chi connectivity index (χ0n) is 53.4. The van der Waals surface area contributed by atoms with Gasteiger partial charge in [-0.25, -0.2) is 19.2 Å². The quantitative estimate of drug-likeness (QED) is 0.0598. The van der Waals surface area contributed by atoms with E-state index in [-0.39, 0.29) is 72.0 Å². The fourth-order valence-corrected chi connectivity index (χ4v) is 12.9. The van der Waals surface area contributed by atoms with Crippen molar-refractivity contribution in [3.8, 4) is 23.3 Å². The van der Waals surface area contributed by atoms with Crippen LogP contribution in [0.15, 0.2) is 168 Å². The van der Waals surface area contributed by atoms with Crippen molar-refractivity contribution >= 4 is 47.2 Å². The highest BCUT2D eigenvalue weighted by atomic mass is 19.4. The summed E-state index contributed by atoms with van der Waals surface area (Å²) in [5, 5.41) is 19.1. The van der Waals surface area contributed by atoms with Crippen molar-refractivity contribution in [2.75, 3.05) is 102 Å². The summed E-state index contributed by atoms with van der Waals surface area (Å²) in [6.45, 7) is 11.5. The molecule has 4 heterocycles. The van der Waals surface area contributed by atoms with Crippen molar-refractivity contribution in [3.63, 3.8) is 0 Å². The van der Waals surface area contributed by atoms with E-state index >= 15 is 0 Å². The first kappa shape index (κ1) is 68.6. The molecule has 498 valence electrons. The Morgan fingerprint density at radius 3 is 1.30 bits per heavy atom. The van der Waals surface area contributed by atoms with Crippen LogP contribution in [0.25, 0.3) is 11.1 Å². The number of carbonyl (C=O) groups is 6. The number of rotatable bonds is 19. The van der Waals surface area contributed by atoms with Crippen molar-refractivity contribution in [3.05, 3.63) is 213 Å². The number of esters is 2. The van der Waals surface area contributed by atoms with Gasteiger partial charge in [0, 0.05) is 68.2 Å². The summed E-state index contributed by atoms with van der Waals surface area (Å²) in [6.07, 6.45) is -8.57. The Kier molecular flexibility index (Phi) is 21.1. The average Bonchev–Trinajstić information content (AvgIpc) is 0.803. The molecule has 24 heteroatoms. The normalized spacial score (nSPS) is 17.6. The van der Waals surface area contributed by atoms with Gasteiger partial charge in [-0.3, -0.25) is 24.3 Å². The topological polar surface area (TPSA) is 196 Å². The zero-order valence-corrected chi connectivity index (χ0v) is 53.4. The number of nitrogens with one attached hydrogen (secondary N) is 1. The molecule has 4 aliphatic rings. The van der Waals surface area contributed by atoms with Gasteiger partial charge in [0.2, 0.25) is 0 Å². The lowest BCUT2D eigenvalue weighted by Gasteiger charge is -2.43. The molecule has 2 atom stereocenters. The zero-order chi connectivity index (χ0) is 68.6. The number of benzene rings is 6. The predicted octanol–water partition coefficient (Wildman–Crippen LogP) is 11.1. The third-order valence-electron chi connectivity index (χ3n) is 17.9. The fourth-order valence-electron chi connectivity index (χ4n) is 12.9. The minimum Gasteiger partial charge on any atom is -0.463 e. The van der Waals surface area contributed by atoms with Crippen LogP contribution in [0.2, 0.25) is 0 Å². The van der Waals surface area contributed by atoms with Gasteiger partial charge in [-0.05, 0) is 148 Å². The monoisotopic (exact) mass is 1320 g/mol. The minimum absolute atomic E-state index is 0.000613. The molecule has 0 aromatic heterocycles. The summed E-state index contributed by atoms with van der Waals surface area (Å²) in [5.74, 6) is -1.77. The number of ether oxygens (including phenoxy) is 2. The molecule has 18 nitrogen and oxygen atoms in total. The van der Waals surface area contributed by atoms with Gasteiger partial charge in [-0.15, -0.1) is 0 Å². The van der Waals surface area contributed by atoms with Gasteiger partial charge in [-0.1, -0.05) is 60.7 Å². The highest BCUT2D eigenvalue weighted by Gasteiger charge is 2.46. The lowest BCUT2D eigenvalue weighted by molar-refractivity contribution is -0.904. The fraction of sp³-hybridized carbons (Fsp3) is 0.333. The number of halogens is 6. The summed E-state index contributed by atoms with van der Waals surface area (Å²) in [7, 11) is 0. The van der Waals surface area contributed by atoms with Crippen LogP contribution < -0.4 is 14.7 Å². The van der Waals surface area contributed by atoms with E-state index in [1.54, 1.807) is 96.4 Å². The van der Waals surface area contributed by atoms with E-state index < -0.39 is 59.6 Å². The smallest absolute Gasteiger partial charge is 0.416 e. The van der Waals surface area contributed by atoms with Gasteiger partial charge in [0.15, 0.2) is 0 Å². The third-order valence-corrected chi connectivity index (χ3v) is 17.9. The standard InChI is InChI=1S/C72H70F6N10O8/c1-5-95-67(91)61-47(3)87(59-13-7-11-57(43-59)71(73,74)75)69(93)85(63(61)53-19-15-49(45-79)16-20-53)33-9-31-81-35-39-83(40-36-81)65(89)55-27-23-51(24-28-55)52-25-29-56(30-26-52)66(90)84-41-37-82(38-42-84)32-10-34-86-64(54-21-17-50(46-80)18-22-54)62(68(92)96-6-2)48(4)88(70(86)94)60-14-8-12-58(44-60)72(76,77)78/h7-8,11-30,43-44,63-64H,5-6,9-10,31-42H2,1-4H3/p+1. The third kappa shape index (κ3) is 14.9. The number of allylic oxidation sites excluding steroid dienone is 2. The summed E-state index contributed by atoms with van der Waals surface area (Å²) in [4.78, 5) is 96.8. The van der Waals surface area contributed by atoms with Crippen molar-refractivity contribution in [2.24, 2.45) is 0 Å². The number of nitrogens with zero attached hydrogens (tertiary/aromatic N) is 9. The number of hydrogen-bond donors (Lipinski definition) is 1. The van der Waals surface area contributed by atoms with Crippen molar-refractivity contribution in [2.45, 2.75) is 65.0 Å². The number of urea groups is 2. The molecule has 2 saturated heterocycles. The Bertz CT molecular complexity index is 3780. The van der Waals surface area contributed by atoms with Gasteiger partial charge < -0.3 is 34.0 Å². The van der Waals surface area contributed by atoms with Crippen LogP contribution in [0, 0.1) is 22.7 Å². The highest BCUT2D eigenvalue weighted by Crippen LogP contribution is 2.44. The number of hydrogen-bond acceptors (Lipinski definition) is 11. The van der Waals surface area contributed by atoms with E-state index in [1.165, 1.54) is 52.8 Å². The van der Waals surface area contributed by atoms with Gasteiger partial charge in [0.05, 0.1) is 115 Å². The van der Waals surface area contributed by atoms with Crippen molar-refractivity contribution in [1.29, 1.82) is 10.5 Å². The van der Waals surface area contributed by atoms with E-state index in [4.69, 9.17) is 9.47 Å². The van der Waals surface area contributed by atoms with Crippen LogP contribution in [-0.2, 0) is 31.4 Å². The Balaban J connectivity index is 0.726. The largest absolute Gasteiger partial charge is 0.463 e. The van der Waals surface area contributed by atoms with Crippen LogP contribution in [0.1, 0.15) is 107 Å². The number of nitriles is 2. The van der Waals surface area contributed by atoms with Crippen LogP contribution in [0.4, 0.5) is 47.3 Å². The number of alkyl halides is 6. The Hall–Kier alpha value is -10.3. The molecular formula is C72H71F6N10O8+. The number of quaternary nitrogens is 1. The molecule has 6 aromatic rings. The second kappa shape index (κ2) is 29.6. The van der Waals surface area contributed by atoms with Crippen LogP contribution in [0.5, 0.6) is 0 Å².